The Hall–Kier alpha value is -1.87. The van der Waals surface area contributed by atoms with E-state index >= 15 is 0 Å². The number of aromatic nitrogens is 2. The van der Waals surface area contributed by atoms with Gasteiger partial charge in [-0.05, 0) is 37.2 Å². The molecule has 0 atom stereocenters. The number of nitrogens with one attached hydrogen (secondary N) is 2. The van der Waals surface area contributed by atoms with Crippen molar-refractivity contribution in [1.82, 2.24) is 15.5 Å². The summed E-state index contributed by atoms with van der Waals surface area (Å²) in [6.45, 7) is 1.02. The van der Waals surface area contributed by atoms with Gasteiger partial charge in [-0.15, -0.1) is 0 Å². The molecule has 0 bridgehead atoms. The quantitative estimate of drug-likeness (QED) is 0.771. The second-order valence-corrected chi connectivity index (χ2v) is 3.89. The first-order valence-corrected chi connectivity index (χ1v) is 5.81. The summed E-state index contributed by atoms with van der Waals surface area (Å²) in [5, 5.41) is 10.0. The zero-order valence-corrected chi connectivity index (χ0v) is 9.98. The Morgan fingerprint density at radius 1 is 1.24 bits per heavy atom. The second-order valence-electron chi connectivity index (χ2n) is 3.89. The summed E-state index contributed by atoms with van der Waals surface area (Å²) in [4.78, 5) is 0. The molecule has 0 amide bonds. The van der Waals surface area contributed by atoms with E-state index in [9.17, 15) is 0 Å². The summed E-state index contributed by atoms with van der Waals surface area (Å²) in [7, 11) is 1.97. The van der Waals surface area contributed by atoms with Gasteiger partial charge in [-0.2, -0.15) is 5.10 Å². The lowest BCUT2D eigenvalue weighted by molar-refractivity contribution is 0.809. The minimum atomic E-state index is 1.02. The fourth-order valence-electron chi connectivity index (χ4n) is 1.64. The van der Waals surface area contributed by atoms with Crippen LogP contribution >= 0.6 is 0 Å². The van der Waals surface area contributed by atoms with Crippen LogP contribution < -0.4 is 5.32 Å². The molecule has 0 aliphatic rings. The van der Waals surface area contributed by atoms with Crippen LogP contribution in [-0.2, 0) is 0 Å². The van der Waals surface area contributed by atoms with E-state index < -0.39 is 0 Å². The van der Waals surface area contributed by atoms with Gasteiger partial charge in [-0.3, -0.25) is 5.10 Å². The highest BCUT2D eigenvalue weighted by Gasteiger charge is 1.97. The number of H-pyrrole nitrogens is 1. The molecule has 0 saturated heterocycles. The number of hydrogen-bond acceptors (Lipinski definition) is 2. The van der Waals surface area contributed by atoms with Crippen LogP contribution in [0.5, 0.6) is 0 Å². The summed E-state index contributed by atoms with van der Waals surface area (Å²) in [5.74, 6) is 0. The molecule has 17 heavy (non-hydrogen) atoms. The lowest BCUT2D eigenvalue weighted by Crippen LogP contribution is -2.05. The molecule has 2 aromatic rings. The Morgan fingerprint density at radius 3 is 2.71 bits per heavy atom. The van der Waals surface area contributed by atoms with Gasteiger partial charge in [0.15, 0.2) is 0 Å². The van der Waals surface area contributed by atoms with Crippen molar-refractivity contribution in [3.8, 4) is 11.3 Å². The Balaban J connectivity index is 2.01. The molecule has 2 rings (SSSR count). The van der Waals surface area contributed by atoms with Gasteiger partial charge in [0.25, 0.3) is 0 Å². The molecular formula is C14H17N3. The minimum Gasteiger partial charge on any atom is -0.319 e. The second kappa shape index (κ2) is 6.01. The first-order valence-electron chi connectivity index (χ1n) is 5.81. The van der Waals surface area contributed by atoms with Crippen LogP contribution in [0, 0.1) is 0 Å². The van der Waals surface area contributed by atoms with Crippen LogP contribution in [0.2, 0.25) is 0 Å². The molecule has 1 aromatic carbocycles. The molecule has 0 aliphatic heterocycles. The zero-order valence-electron chi connectivity index (χ0n) is 9.98. The molecule has 3 nitrogen and oxygen atoms in total. The van der Waals surface area contributed by atoms with Crippen molar-refractivity contribution < 1.29 is 0 Å². The molecule has 0 radical (unpaired) electrons. The minimum absolute atomic E-state index is 1.02. The van der Waals surface area contributed by atoms with Crippen molar-refractivity contribution in [3.63, 3.8) is 0 Å². The number of aromatic amines is 1. The van der Waals surface area contributed by atoms with E-state index in [1.54, 1.807) is 6.20 Å². The summed E-state index contributed by atoms with van der Waals surface area (Å²) in [6, 6.07) is 10.4. The van der Waals surface area contributed by atoms with Gasteiger partial charge in [0, 0.05) is 6.20 Å². The third-order valence-corrected chi connectivity index (χ3v) is 2.59. The van der Waals surface area contributed by atoms with Gasteiger partial charge in [0.05, 0.1) is 5.69 Å². The lowest BCUT2D eigenvalue weighted by atomic mass is 10.1. The van der Waals surface area contributed by atoms with Gasteiger partial charge < -0.3 is 5.32 Å². The van der Waals surface area contributed by atoms with E-state index in [0.717, 1.165) is 24.2 Å². The van der Waals surface area contributed by atoms with E-state index in [-0.39, 0.29) is 0 Å². The number of nitrogens with zero attached hydrogens (tertiary/aromatic N) is 1. The first-order chi connectivity index (χ1) is 8.40. The summed E-state index contributed by atoms with van der Waals surface area (Å²) < 4.78 is 0. The van der Waals surface area contributed by atoms with Crippen molar-refractivity contribution in [1.29, 1.82) is 0 Å². The fourth-order valence-corrected chi connectivity index (χ4v) is 1.64. The van der Waals surface area contributed by atoms with Crippen LogP contribution in [0.4, 0.5) is 0 Å². The molecule has 3 heteroatoms. The Labute approximate surface area is 102 Å². The highest BCUT2D eigenvalue weighted by atomic mass is 15.1. The third kappa shape index (κ3) is 3.29. The molecule has 2 N–H and O–H groups in total. The van der Waals surface area contributed by atoms with Gasteiger partial charge >= 0.3 is 0 Å². The van der Waals surface area contributed by atoms with E-state index in [4.69, 9.17) is 0 Å². The molecule has 88 valence electrons. The highest BCUT2D eigenvalue weighted by Crippen LogP contribution is 2.17. The summed E-state index contributed by atoms with van der Waals surface area (Å²) in [6.07, 6.45) is 7.15. The van der Waals surface area contributed by atoms with E-state index in [0.29, 0.717) is 0 Å². The summed E-state index contributed by atoms with van der Waals surface area (Å²) in [5.41, 5.74) is 3.44. The molecule has 1 aromatic heterocycles. The van der Waals surface area contributed by atoms with Crippen molar-refractivity contribution in [2.24, 2.45) is 0 Å². The monoisotopic (exact) mass is 227 g/mol. The molecule has 1 heterocycles. The van der Waals surface area contributed by atoms with Gasteiger partial charge in [-0.1, -0.05) is 36.4 Å². The fraction of sp³-hybridized carbons (Fsp3) is 0.214. The van der Waals surface area contributed by atoms with Crippen LogP contribution in [0.15, 0.2) is 42.6 Å². The number of hydrogen-bond donors (Lipinski definition) is 2. The Kier molecular flexibility index (Phi) is 4.11. The highest BCUT2D eigenvalue weighted by molar-refractivity contribution is 5.61. The van der Waals surface area contributed by atoms with Gasteiger partial charge in [-0.25, -0.2) is 0 Å². The van der Waals surface area contributed by atoms with Gasteiger partial charge in [0.2, 0.25) is 0 Å². The normalized spacial score (nSPS) is 11.1. The molecule has 0 fully saturated rings. The zero-order chi connectivity index (χ0) is 11.9. The standard InChI is InChI=1S/C14H17N3/c1-15-10-3-2-4-12-5-7-13(8-6-12)14-9-11-16-17-14/h2,4-9,11,15H,3,10H2,1H3,(H,16,17). The van der Waals surface area contributed by atoms with Crippen molar-refractivity contribution in [2.45, 2.75) is 6.42 Å². The SMILES string of the molecule is CNCCC=Cc1ccc(-c2ccn[nH]2)cc1. The average Bonchev–Trinajstić information content (AvgIpc) is 2.89. The third-order valence-electron chi connectivity index (χ3n) is 2.59. The van der Waals surface area contributed by atoms with E-state index in [1.165, 1.54) is 5.56 Å². The van der Waals surface area contributed by atoms with Crippen LogP contribution in [0.25, 0.3) is 17.3 Å². The van der Waals surface area contributed by atoms with E-state index in [1.807, 2.05) is 13.1 Å². The Bertz CT molecular complexity index is 455. The number of benzene rings is 1. The maximum Gasteiger partial charge on any atom is 0.0650 e. The maximum atomic E-state index is 3.95. The first kappa shape index (κ1) is 11.6. The van der Waals surface area contributed by atoms with Gasteiger partial charge in [0.1, 0.15) is 0 Å². The van der Waals surface area contributed by atoms with Crippen LogP contribution in [0.3, 0.4) is 0 Å². The van der Waals surface area contributed by atoms with Crippen molar-refractivity contribution >= 4 is 6.08 Å². The smallest absolute Gasteiger partial charge is 0.0650 e. The summed E-state index contributed by atoms with van der Waals surface area (Å²) >= 11 is 0. The predicted octanol–water partition coefficient (Wildman–Crippen LogP) is 2.70. The molecule has 0 aliphatic carbocycles. The lowest BCUT2D eigenvalue weighted by Gasteiger charge is -1.98. The molecule has 0 saturated carbocycles. The molecular weight excluding hydrogens is 210 g/mol. The predicted molar refractivity (Wildman–Crippen MR) is 71.6 cm³/mol. The van der Waals surface area contributed by atoms with Crippen LogP contribution in [-0.4, -0.2) is 23.8 Å². The Morgan fingerprint density at radius 2 is 2.06 bits per heavy atom. The molecule has 0 spiro atoms. The van der Waals surface area contributed by atoms with Crippen molar-refractivity contribution in [3.05, 3.63) is 48.2 Å². The van der Waals surface area contributed by atoms with E-state index in [2.05, 4.69) is 51.9 Å². The topological polar surface area (TPSA) is 40.7 Å². The van der Waals surface area contributed by atoms with Crippen LogP contribution in [0.1, 0.15) is 12.0 Å². The molecule has 0 unspecified atom stereocenters. The van der Waals surface area contributed by atoms with Crippen molar-refractivity contribution in [2.75, 3.05) is 13.6 Å². The average molecular weight is 227 g/mol. The maximum absolute atomic E-state index is 3.95. The number of rotatable bonds is 5. The largest absolute Gasteiger partial charge is 0.319 e.